The number of carbonyl (C=O) groups excluding carboxylic acids is 1. The molecule has 0 fully saturated rings. The van der Waals surface area contributed by atoms with Gasteiger partial charge in [0, 0.05) is 25.4 Å². The second-order valence-electron chi connectivity index (χ2n) is 2.64. The smallest absolute Gasteiger partial charge is 0.358 e. The molecule has 0 aliphatic carbocycles. The molecule has 5 nitrogen and oxygen atoms in total. The molecular weight excluding hydrogens is 172 g/mol. The first-order chi connectivity index (χ1) is 6.19. The molecule has 1 N–H and O–H groups in total. The second kappa shape index (κ2) is 4.04. The zero-order chi connectivity index (χ0) is 9.84. The van der Waals surface area contributed by atoms with Gasteiger partial charge in [0.25, 0.3) is 0 Å². The van der Waals surface area contributed by atoms with Crippen LogP contribution in [0.25, 0.3) is 0 Å². The Morgan fingerprint density at radius 3 is 3.00 bits per heavy atom. The van der Waals surface area contributed by atoms with Gasteiger partial charge in [-0.1, -0.05) is 0 Å². The van der Waals surface area contributed by atoms with Gasteiger partial charge in [-0.15, -0.1) is 0 Å². The summed E-state index contributed by atoms with van der Waals surface area (Å²) in [5.41, 5.74) is 0.982. The SMILES string of the molecule is COC(=O)c1nn(C)cc1CCO. The van der Waals surface area contributed by atoms with Gasteiger partial charge in [-0.2, -0.15) is 5.10 Å². The molecule has 13 heavy (non-hydrogen) atoms. The standard InChI is InChI=1S/C8H12N2O3/c1-10-5-6(3-4-11)7(9-10)8(12)13-2/h5,11H,3-4H2,1-2H3. The molecule has 0 saturated carbocycles. The molecule has 0 unspecified atom stereocenters. The number of aliphatic hydroxyl groups excluding tert-OH is 1. The van der Waals surface area contributed by atoms with Crippen molar-refractivity contribution >= 4 is 5.97 Å². The summed E-state index contributed by atoms with van der Waals surface area (Å²) in [6, 6.07) is 0. The maximum Gasteiger partial charge on any atom is 0.358 e. The monoisotopic (exact) mass is 184 g/mol. The average molecular weight is 184 g/mol. The first kappa shape index (κ1) is 9.73. The Hall–Kier alpha value is -1.36. The van der Waals surface area contributed by atoms with Crippen LogP contribution in [0.3, 0.4) is 0 Å². The summed E-state index contributed by atoms with van der Waals surface area (Å²) < 4.78 is 6.07. The van der Waals surface area contributed by atoms with E-state index in [2.05, 4.69) is 9.84 Å². The van der Waals surface area contributed by atoms with Crippen molar-refractivity contribution in [3.63, 3.8) is 0 Å². The van der Waals surface area contributed by atoms with Crippen molar-refractivity contribution in [3.8, 4) is 0 Å². The van der Waals surface area contributed by atoms with Crippen molar-refractivity contribution in [1.82, 2.24) is 9.78 Å². The van der Waals surface area contributed by atoms with Gasteiger partial charge in [0.2, 0.25) is 0 Å². The second-order valence-corrected chi connectivity index (χ2v) is 2.64. The van der Waals surface area contributed by atoms with Crippen molar-refractivity contribution in [1.29, 1.82) is 0 Å². The van der Waals surface area contributed by atoms with E-state index in [0.717, 1.165) is 0 Å². The van der Waals surface area contributed by atoms with Crippen molar-refractivity contribution in [2.75, 3.05) is 13.7 Å². The Bertz CT molecular complexity index is 306. The molecule has 0 amide bonds. The fourth-order valence-corrected chi connectivity index (χ4v) is 1.11. The quantitative estimate of drug-likeness (QED) is 0.657. The minimum Gasteiger partial charge on any atom is -0.464 e. The lowest BCUT2D eigenvalue weighted by atomic mass is 10.2. The van der Waals surface area contributed by atoms with Crippen LogP contribution in [0.1, 0.15) is 16.1 Å². The first-order valence-corrected chi connectivity index (χ1v) is 3.90. The van der Waals surface area contributed by atoms with E-state index in [1.807, 2.05) is 0 Å². The Balaban J connectivity index is 2.96. The lowest BCUT2D eigenvalue weighted by molar-refractivity contribution is 0.0591. The zero-order valence-electron chi connectivity index (χ0n) is 7.65. The topological polar surface area (TPSA) is 64.3 Å². The minimum absolute atomic E-state index is 0.00428. The predicted octanol–water partition coefficient (Wildman–Crippen LogP) is -0.258. The molecule has 5 heteroatoms. The van der Waals surface area contributed by atoms with E-state index in [-0.39, 0.29) is 12.3 Å². The normalized spacial score (nSPS) is 10.1. The summed E-state index contributed by atoms with van der Waals surface area (Å²) in [6.07, 6.45) is 2.11. The number of carbonyl (C=O) groups is 1. The highest BCUT2D eigenvalue weighted by Crippen LogP contribution is 2.07. The fraction of sp³-hybridized carbons (Fsp3) is 0.500. The Labute approximate surface area is 75.9 Å². The van der Waals surface area contributed by atoms with Crippen LogP contribution in [0.4, 0.5) is 0 Å². The molecule has 0 bridgehead atoms. The van der Waals surface area contributed by atoms with Crippen LogP contribution in [0, 0.1) is 0 Å². The Morgan fingerprint density at radius 2 is 2.46 bits per heavy atom. The summed E-state index contributed by atoms with van der Waals surface area (Å²) in [4.78, 5) is 11.1. The van der Waals surface area contributed by atoms with Gasteiger partial charge in [-0.3, -0.25) is 4.68 Å². The summed E-state index contributed by atoms with van der Waals surface area (Å²) in [5, 5.41) is 12.6. The van der Waals surface area contributed by atoms with Crippen molar-refractivity contribution in [3.05, 3.63) is 17.5 Å². The van der Waals surface area contributed by atoms with Gasteiger partial charge in [0.05, 0.1) is 7.11 Å². The fourth-order valence-electron chi connectivity index (χ4n) is 1.11. The number of aliphatic hydroxyl groups is 1. The highest BCUT2D eigenvalue weighted by atomic mass is 16.5. The molecule has 0 aromatic carbocycles. The van der Waals surface area contributed by atoms with Crippen LogP contribution in [0.2, 0.25) is 0 Å². The molecule has 1 aromatic rings. The summed E-state index contributed by atoms with van der Waals surface area (Å²) >= 11 is 0. The highest BCUT2D eigenvalue weighted by molar-refractivity contribution is 5.88. The van der Waals surface area contributed by atoms with Crippen LogP contribution >= 0.6 is 0 Å². The third-order valence-corrected chi connectivity index (χ3v) is 1.66. The van der Waals surface area contributed by atoms with Crippen LogP contribution in [-0.2, 0) is 18.2 Å². The lowest BCUT2D eigenvalue weighted by Gasteiger charge is -1.96. The molecule has 1 aromatic heterocycles. The molecule has 0 spiro atoms. The van der Waals surface area contributed by atoms with Gasteiger partial charge in [0.1, 0.15) is 0 Å². The number of rotatable bonds is 3. The largest absolute Gasteiger partial charge is 0.464 e. The maximum absolute atomic E-state index is 11.1. The Morgan fingerprint density at radius 1 is 1.77 bits per heavy atom. The van der Waals surface area contributed by atoms with E-state index >= 15 is 0 Å². The van der Waals surface area contributed by atoms with Gasteiger partial charge >= 0.3 is 5.97 Å². The number of methoxy groups -OCH3 is 1. The van der Waals surface area contributed by atoms with E-state index in [1.54, 1.807) is 13.2 Å². The molecule has 0 radical (unpaired) electrons. The molecule has 0 atom stereocenters. The van der Waals surface area contributed by atoms with Crippen molar-refractivity contribution < 1.29 is 14.6 Å². The summed E-state index contributed by atoms with van der Waals surface area (Å²) in [6.45, 7) is -0.00428. The zero-order valence-corrected chi connectivity index (χ0v) is 7.65. The number of esters is 1. The van der Waals surface area contributed by atoms with Crippen LogP contribution in [-0.4, -0.2) is 34.6 Å². The number of ether oxygens (including phenoxy) is 1. The van der Waals surface area contributed by atoms with E-state index < -0.39 is 5.97 Å². The van der Waals surface area contributed by atoms with E-state index in [1.165, 1.54) is 11.8 Å². The minimum atomic E-state index is -0.468. The number of hydrogen-bond donors (Lipinski definition) is 1. The third-order valence-electron chi connectivity index (χ3n) is 1.66. The van der Waals surface area contributed by atoms with E-state index in [4.69, 9.17) is 5.11 Å². The highest BCUT2D eigenvalue weighted by Gasteiger charge is 2.15. The summed E-state index contributed by atoms with van der Waals surface area (Å²) in [7, 11) is 3.02. The van der Waals surface area contributed by atoms with Crippen LogP contribution in [0.15, 0.2) is 6.20 Å². The van der Waals surface area contributed by atoms with Crippen LogP contribution < -0.4 is 0 Å². The first-order valence-electron chi connectivity index (χ1n) is 3.90. The average Bonchev–Trinajstić information content (AvgIpc) is 2.46. The van der Waals surface area contributed by atoms with Gasteiger partial charge in [-0.05, 0) is 6.42 Å². The molecule has 1 rings (SSSR count). The predicted molar refractivity (Wildman–Crippen MR) is 45.3 cm³/mol. The van der Waals surface area contributed by atoms with Gasteiger partial charge < -0.3 is 9.84 Å². The van der Waals surface area contributed by atoms with Crippen molar-refractivity contribution in [2.24, 2.45) is 7.05 Å². The molecule has 0 aliphatic heterocycles. The number of nitrogens with zero attached hydrogens (tertiary/aromatic N) is 2. The molecule has 0 saturated heterocycles. The van der Waals surface area contributed by atoms with Crippen LogP contribution in [0.5, 0.6) is 0 Å². The molecule has 0 aliphatic rings. The molecule has 72 valence electrons. The number of aryl methyl sites for hydroxylation is 1. The van der Waals surface area contributed by atoms with E-state index in [0.29, 0.717) is 12.0 Å². The van der Waals surface area contributed by atoms with Gasteiger partial charge in [-0.25, -0.2) is 4.79 Å². The maximum atomic E-state index is 11.1. The van der Waals surface area contributed by atoms with E-state index in [9.17, 15) is 4.79 Å². The molecular formula is C8H12N2O3. The number of hydrogen-bond acceptors (Lipinski definition) is 4. The number of aromatic nitrogens is 2. The molecule has 1 heterocycles. The van der Waals surface area contributed by atoms with Crippen molar-refractivity contribution in [2.45, 2.75) is 6.42 Å². The Kier molecular flexibility index (Phi) is 3.02. The summed E-state index contributed by atoms with van der Waals surface area (Å²) in [5.74, 6) is -0.468. The lowest BCUT2D eigenvalue weighted by Crippen LogP contribution is -2.06. The third kappa shape index (κ3) is 2.06. The van der Waals surface area contributed by atoms with Gasteiger partial charge in [0.15, 0.2) is 5.69 Å².